The Morgan fingerprint density at radius 3 is 2.72 bits per heavy atom. The predicted octanol–water partition coefficient (Wildman–Crippen LogP) is 2.56. The average molecular weight is 252 g/mol. The van der Waals surface area contributed by atoms with Gasteiger partial charge < -0.3 is 9.64 Å². The predicted molar refractivity (Wildman–Crippen MR) is 64.7 cm³/mol. The van der Waals surface area contributed by atoms with Crippen molar-refractivity contribution in [3.05, 3.63) is 29.8 Å². The monoisotopic (exact) mass is 252 g/mol. The molecule has 0 aliphatic carbocycles. The SMILES string of the molecule is CC(C)(C)OC(=O)N1CC(c2ccnc(F)c2)C1. The van der Waals surface area contributed by atoms with Crippen LogP contribution in [0.5, 0.6) is 0 Å². The van der Waals surface area contributed by atoms with Gasteiger partial charge >= 0.3 is 6.09 Å². The third-order valence-electron chi connectivity index (χ3n) is 2.76. The quantitative estimate of drug-likeness (QED) is 0.721. The number of amides is 1. The Balaban J connectivity index is 1.89. The van der Waals surface area contributed by atoms with Crippen LogP contribution in [0.3, 0.4) is 0 Å². The van der Waals surface area contributed by atoms with Crippen LogP contribution in [-0.2, 0) is 4.74 Å². The highest BCUT2D eigenvalue weighted by Gasteiger charge is 2.34. The molecule has 0 bridgehead atoms. The summed E-state index contributed by atoms with van der Waals surface area (Å²) in [6, 6.07) is 3.19. The van der Waals surface area contributed by atoms with Crippen LogP contribution in [0.2, 0.25) is 0 Å². The minimum absolute atomic E-state index is 0.176. The van der Waals surface area contributed by atoms with E-state index in [1.807, 2.05) is 20.8 Å². The van der Waals surface area contributed by atoms with Crippen LogP contribution >= 0.6 is 0 Å². The van der Waals surface area contributed by atoms with E-state index in [0.717, 1.165) is 5.56 Å². The zero-order chi connectivity index (χ0) is 13.3. The number of hydrogen-bond acceptors (Lipinski definition) is 3. The number of rotatable bonds is 1. The van der Waals surface area contributed by atoms with E-state index in [0.29, 0.717) is 13.1 Å². The highest BCUT2D eigenvalue weighted by molar-refractivity contribution is 5.69. The third-order valence-corrected chi connectivity index (χ3v) is 2.76. The van der Waals surface area contributed by atoms with Crippen LogP contribution in [0.1, 0.15) is 32.3 Å². The van der Waals surface area contributed by atoms with Crippen LogP contribution in [0.15, 0.2) is 18.3 Å². The Labute approximate surface area is 106 Å². The van der Waals surface area contributed by atoms with Crippen molar-refractivity contribution >= 4 is 6.09 Å². The molecular weight excluding hydrogens is 235 g/mol. The Kier molecular flexibility index (Phi) is 3.24. The summed E-state index contributed by atoms with van der Waals surface area (Å²) in [5.74, 6) is -0.307. The molecule has 0 aromatic carbocycles. The summed E-state index contributed by atoms with van der Waals surface area (Å²) < 4.78 is 18.2. The van der Waals surface area contributed by atoms with Crippen molar-refractivity contribution < 1.29 is 13.9 Å². The van der Waals surface area contributed by atoms with E-state index in [4.69, 9.17) is 4.74 Å². The van der Waals surface area contributed by atoms with E-state index < -0.39 is 11.5 Å². The third kappa shape index (κ3) is 2.97. The van der Waals surface area contributed by atoms with Crippen LogP contribution in [0.4, 0.5) is 9.18 Å². The number of pyridine rings is 1. The molecule has 0 atom stereocenters. The molecule has 1 aromatic heterocycles. The van der Waals surface area contributed by atoms with Crippen molar-refractivity contribution in [2.45, 2.75) is 32.3 Å². The first-order valence-electron chi connectivity index (χ1n) is 5.94. The minimum Gasteiger partial charge on any atom is -0.444 e. The fourth-order valence-electron chi connectivity index (χ4n) is 1.84. The van der Waals surface area contributed by atoms with Crippen molar-refractivity contribution in [2.24, 2.45) is 0 Å². The summed E-state index contributed by atoms with van der Waals surface area (Å²) in [5, 5.41) is 0. The lowest BCUT2D eigenvalue weighted by atomic mass is 9.93. The molecule has 1 saturated heterocycles. The van der Waals surface area contributed by atoms with Crippen LogP contribution in [0.25, 0.3) is 0 Å². The summed E-state index contributed by atoms with van der Waals surface area (Å²) >= 11 is 0. The second-order valence-electron chi connectivity index (χ2n) is 5.49. The lowest BCUT2D eigenvalue weighted by molar-refractivity contribution is 0.00818. The van der Waals surface area contributed by atoms with Crippen LogP contribution in [-0.4, -0.2) is 34.7 Å². The molecule has 1 aliphatic rings. The van der Waals surface area contributed by atoms with Gasteiger partial charge in [-0.1, -0.05) is 0 Å². The number of nitrogens with zero attached hydrogens (tertiary/aromatic N) is 2. The largest absolute Gasteiger partial charge is 0.444 e. The van der Waals surface area contributed by atoms with Crippen molar-refractivity contribution in [3.63, 3.8) is 0 Å². The van der Waals surface area contributed by atoms with E-state index in [1.165, 1.54) is 12.3 Å². The molecule has 1 fully saturated rings. The number of ether oxygens (including phenoxy) is 1. The van der Waals surface area contributed by atoms with Crippen LogP contribution in [0, 0.1) is 5.95 Å². The standard InChI is InChI=1S/C13H17FN2O2/c1-13(2,3)18-12(17)16-7-10(8-16)9-4-5-15-11(14)6-9/h4-6,10H,7-8H2,1-3H3. The second kappa shape index (κ2) is 4.55. The number of carbonyl (C=O) groups is 1. The molecule has 1 amide bonds. The van der Waals surface area contributed by atoms with Gasteiger partial charge in [-0.2, -0.15) is 4.39 Å². The maximum atomic E-state index is 12.9. The van der Waals surface area contributed by atoms with Gasteiger partial charge in [0, 0.05) is 25.2 Å². The molecule has 2 heterocycles. The van der Waals surface area contributed by atoms with E-state index in [-0.39, 0.29) is 12.0 Å². The van der Waals surface area contributed by atoms with Crippen molar-refractivity contribution in [1.29, 1.82) is 0 Å². The first-order valence-corrected chi connectivity index (χ1v) is 5.94. The molecular formula is C13H17FN2O2. The van der Waals surface area contributed by atoms with Crippen molar-refractivity contribution in [2.75, 3.05) is 13.1 Å². The molecule has 18 heavy (non-hydrogen) atoms. The number of aromatic nitrogens is 1. The molecule has 0 N–H and O–H groups in total. The van der Waals surface area contributed by atoms with Crippen LogP contribution < -0.4 is 0 Å². The van der Waals surface area contributed by atoms with Crippen molar-refractivity contribution in [3.8, 4) is 0 Å². The molecule has 0 unspecified atom stereocenters. The topological polar surface area (TPSA) is 42.4 Å². The smallest absolute Gasteiger partial charge is 0.410 e. The Morgan fingerprint density at radius 1 is 1.50 bits per heavy atom. The van der Waals surface area contributed by atoms with Gasteiger partial charge in [0.1, 0.15) is 5.60 Å². The van der Waals surface area contributed by atoms with Gasteiger partial charge in [0.15, 0.2) is 0 Å². The van der Waals surface area contributed by atoms with Gasteiger partial charge in [-0.05, 0) is 38.5 Å². The number of hydrogen-bond donors (Lipinski definition) is 0. The molecule has 0 spiro atoms. The van der Waals surface area contributed by atoms with E-state index in [9.17, 15) is 9.18 Å². The van der Waals surface area contributed by atoms with Crippen molar-refractivity contribution in [1.82, 2.24) is 9.88 Å². The lowest BCUT2D eigenvalue weighted by Crippen LogP contribution is -2.50. The summed E-state index contributed by atoms with van der Waals surface area (Å²) in [7, 11) is 0. The molecule has 1 aliphatic heterocycles. The van der Waals surface area contributed by atoms with Gasteiger partial charge in [0.05, 0.1) is 0 Å². The molecule has 2 rings (SSSR count). The molecule has 5 heteroatoms. The lowest BCUT2D eigenvalue weighted by Gasteiger charge is -2.39. The summed E-state index contributed by atoms with van der Waals surface area (Å²) in [4.78, 5) is 16.8. The highest BCUT2D eigenvalue weighted by atomic mass is 19.1. The Bertz CT molecular complexity index is 451. The number of halogens is 1. The highest BCUT2D eigenvalue weighted by Crippen LogP contribution is 2.28. The molecule has 4 nitrogen and oxygen atoms in total. The van der Waals surface area contributed by atoms with Gasteiger partial charge in [0.2, 0.25) is 5.95 Å². The fraction of sp³-hybridized carbons (Fsp3) is 0.538. The summed E-state index contributed by atoms with van der Waals surface area (Å²) in [6.07, 6.45) is 1.13. The fourth-order valence-corrected chi connectivity index (χ4v) is 1.84. The molecule has 0 saturated carbocycles. The molecule has 1 aromatic rings. The Morgan fingerprint density at radius 2 is 2.17 bits per heavy atom. The number of likely N-dealkylation sites (tertiary alicyclic amines) is 1. The van der Waals surface area contributed by atoms with Gasteiger partial charge in [0.25, 0.3) is 0 Å². The van der Waals surface area contributed by atoms with E-state index in [1.54, 1.807) is 11.0 Å². The Hall–Kier alpha value is -1.65. The average Bonchev–Trinajstić information content (AvgIpc) is 2.11. The first-order chi connectivity index (χ1) is 8.35. The van der Waals surface area contributed by atoms with Gasteiger partial charge in [-0.25, -0.2) is 9.78 Å². The zero-order valence-electron chi connectivity index (χ0n) is 10.8. The normalized spacial score (nSPS) is 16.3. The molecule has 98 valence electrons. The van der Waals surface area contributed by atoms with Gasteiger partial charge in [-0.3, -0.25) is 0 Å². The maximum Gasteiger partial charge on any atom is 0.410 e. The van der Waals surface area contributed by atoms with Gasteiger partial charge in [-0.15, -0.1) is 0 Å². The second-order valence-corrected chi connectivity index (χ2v) is 5.49. The summed E-state index contributed by atoms with van der Waals surface area (Å²) in [5.41, 5.74) is 0.396. The van der Waals surface area contributed by atoms with E-state index >= 15 is 0 Å². The maximum absolute atomic E-state index is 12.9. The minimum atomic E-state index is -0.483. The van der Waals surface area contributed by atoms with E-state index in [2.05, 4.69) is 4.98 Å². The number of carbonyl (C=O) groups excluding carboxylic acids is 1. The zero-order valence-corrected chi connectivity index (χ0v) is 10.8. The first kappa shape index (κ1) is 12.8. The molecule has 0 radical (unpaired) electrons. The summed E-state index contributed by atoms with van der Waals surface area (Å²) in [6.45, 7) is 6.64.